The quantitative estimate of drug-likeness (QED) is 0.184. The normalized spacial score (nSPS) is 12.3. The number of hydrogen-bond acceptors (Lipinski definition) is 5. The predicted octanol–water partition coefficient (Wildman–Crippen LogP) is 5.86. The van der Waals surface area contributed by atoms with Crippen LogP contribution >= 0.6 is 0 Å². The van der Waals surface area contributed by atoms with Gasteiger partial charge in [0.15, 0.2) is 0 Å². The lowest BCUT2D eigenvalue weighted by molar-refractivity contribution is -0.137. The van der Waals surface area contributed by atoms with Crippen LogP contribution in [0.4, 0.5) is 5.69 Å². The minimum atomic E-state index is -0.734. The molecule has 1 heterocycles. The van der Waals surface area contributed by atoms with Crippen molar-refractivity contribution in [2.45, 2.75) is 57.9 Å². The molecule has 0 saturated heterocycles. The number of unbranched alkanes of at least 4 members (excludes halogenated alkanes) is 5. The van der Waals surface area contributed by atoms with E-state index in [9.17, 15) is 19.2 Å². The van der Waals surface area contributed by atoms with Gasteiger partial charge in [-0.05, 0) is 54.3 Å². The van der Waals surface area contributed by atoms with Gasteiger partial charge in [0.25, 0.3) is 11.8 Å². The zero-order valence-electron chi connectivity index (χ0n) is 22.4. The number of carbonyl (C=O) groups is 4. The highest BCUT2D eigenvalue weighted by molar-refractivity contribution is 6.21. The molecule has 0 spiro atoms. The highest BCUT2D eigenvalue weighted by Crippen LogP contribution is 2.27. The number of ether oxygens (including phenoxy) is 1. The first kappa shape index (κ1) is 28.5. The molecule has 0 aromatic heterocycles. The third-order valence-corrected chi connectivity index (χ3v) is 6.78. The Kier molecular flexibility index (Phi) is 10.0. The first-order valence-corrected chi connectivity index (χ1v) is 13.7. The Hall–Kier alpha value is -4.46. The van der Waals surface area contributed by atoms with Crippen molar-refractivity contribution in [3.63, 3.8) is 0 Å². The van der Waals surface area contributed by atoms with Crippen LogP contribution < -0.4 is 10.1 Å². The van der Waals surface area contributed by atoms with E-state index in [0.717, 1.165) is 55.4 Å². The summed E-state index contributed by atoms with van der Waals surface area (Å²) in [6.07, 6.45) is 6.16. The van der Waals surface area contributed by atoms with Crippen molar-refractivity contribution >= 4 is 29.4 Å². The molecule has 0 bridgehead atoms. The second-order valence-electron chi connectivity index (χ2n) is 9.92. The van der Waals surface area contributed by atoms with Crippen LogP contribution in [0.1, 0.15) is 76.8 Å². The summed E-state index contributed by atoms with van der Waals surface area (Å²) in [6.45, 7) is 0.808. The van der Waals surface area contributed by atoms with Crippen LogP contribution in [0.25, 0.3) is 0 Å². The SMILES string of the molecule is O=C(O)CCCCCCCCOc1ccc(CC(=O)Nc2ccc3c(c2)C(=O)N(Cc2ccccc2)C3=O)cc1. The van der Waals surface area contributed by atoms with Crippen LogP contribution in [0.15, 0.2) is 72.8 Å². The van der Waals surface area contributed by atoms with Crippen molar-refractivity contribution in [2.24, 2.45) is 0 Å². The van der Waals surface area contributed by atoms with Crippen molar-refractivity contribution < 1.29 is 29.0 Å². The van der Waals surface area contributed by atoms with Crippen LogP contribution in [0.2, 0.25) is 0 Å². The number of carboxylic acid groups (broad SMARTS) is 1. The van der Waals surface area contributed by atoms with E-state index in [1.807, 2.05) is 54.6 Å². The maximum absolute atomic E-state index is 12.9. The number of aliphatic carboxylic acids is 1. The molecule has 0 atom stereocenters. The molecule has 0 fully saturated rings. The van der Waals surface area contributed by atoms with Crippen molar-refractivity contribution in [3.05, 3.63) is 95.1 Å². The molecular formula is C32H34N2O6. The number of hydrogen-bond donors (Lipinski definition) is 2. The zero-order chi connectivity index (χ0) is 28.3. The Morgan fingerprint density at radius 1 is 0.750 bits per heavy atom. The lowest BCUT2D eigenvalue weighted by atomic mass is 10.1. The Balaban J connectivity index is 1.20. The molecule has 3 amide bonds. The first-order valence-electron chi connectivity index (χ1n) is 13.7. The van der Waals surface area contributed by atoms with Gasteiger partial charge in [0.1, 0.15) is 5.75 Å². The predicted molar refractivity (Wildman–Crippen MR) is 151 cm³/mol. The van der Waals surface area contributed by atoms with Crippen LogP contribution in [0.5, 0.6) is 5.75 Å². The molecule has 4 rings (SSSR count). The Morgan fingerprint density at radius 3 is 2.15 bits per heavy atom. The highest BCUT2D eigenvalue weighted by Gasteiger charge is 2.35. The van der Waals surface area contributed by atoms with Crippen LogP contribution in [-0.4, -0.2) is 40.3 Å². The summed E-state index contributed by atoms with van der Waals surface area (Å²) in [5.74, 6) is -0.923. The largest absolute Gasteiger partial charge is 0.494 e. The molecule has 0 saturated carbocycles. The van der Waals surface area contributed by atoms with E-state index in [-0.39, 0.29) is 37.1 Å². The lowest BCUT2D eigenvalue weighted by Crippen LogP contribution is -2.29. The van der Waals surface area contributed by atoms with E-state index in [0.29, 0.717) is 23.4 Å². The summed E-state index contributed by atoms with van der Waals surface area (Å²) in [5, 5.41) is 11.5. The molecule has 8 heteroatoms. The van der Waals surface area contributed by atoms with E-state index in [2.05, 4.69) is 5.32 Å². The number of carboxylic acids is 1. The second-order valence-corrected chi connectivity index (χ2v) is 9.92. The maximum Gasteiger partial charge on any atom is 0.303 e. The van der Waals surface area contributed by atoms with Gasteiger partial charge in [0.2, 0.25) is 5.91 Å². The molecule has 208 valence electrons. The molecular weight excluding hydrogens is 508 g/mol. The summed E-state index contributed by atoms with van der Waals surface area (Å²) < 4.78 is 5.79. The molecule has 8 nitrogen and oxygen atoms in total. The molecule has 0 unspecified atom stereocenters. The average molecular weight is 543 g/mol. The van der Waals surface area contributed by atoms with Gasteiger partial charge in [-0.1, -0.05) is 68.1 Å². The third kappa shape index (κ3) is 8.02. The standard InChI is InChI=1S/C32H34N2O6/c35-29(20-23-13-16-26(17-14-23)40-19-9-4-2-1-3-8-12-30(36)37)33-25-15-18-27-28(21-25)32(39)34(31(27)38)22-24-10-6-5-7-11-24/h5-7,10-11,13-18,21H,1-4,8-9,12,19-20,22H2,(H,33,35)(H,36,37). The number of anilines is 1. The van der Waals surface area contributed by atoms with Gasteiger partial charge in [-0.2, -0.15) is 0 Å². The number of benzene rings is 3. The first-order chi connectivity index (χ1) is 19.4. The van der Waals surface area contributed by atoms with E-state index in [1.54, 1.807) is 18.2 Å². The van der Waals surface area contributed by atoms with Crippen molar-refractivity contribution in [1.29, 1.82) is 0 Å². The summed E-state index contributed by atoms with van der Waals surface area (Å²) in [6, 6.07) is 21.5. The fourth-order valence-corrected chi connectivity index (χ4v) is 4.65. The number of fused-ring (bicyclic) bond motifs is 1. The summed E-state index contributed by atoms with van der Waals surface area (Å²) in [7, 11) is 0. The molecule has 2 N–H and O–H groups in total. The molecule has 0 radical (unpaired) electrons. The molecule has 1 aliphatic heterocycles. The molecule has 0 aliphatic carbocycles. The van der Waals surface area contributed by atoms with E-state index in [1.165, 1.54) is 4.90 Å². The molecule has 1 aliphatic rings. The third-order valence-electron chi connectivity index (χ3n) is 6.78. The van der Waals surface area contributed by atoms with E-state index >= 15 is 0 Å². The Labute approximate surface area is 234 Å². The van der Waals surface area contributed by atoms with Crippen molar-refractivity contribution in [3.8, 4) is 5.75 Å². The zero-order valence-corrected chi connectivity index (χ0v) is 22.4. The molecule has 40 heavy (non-hydrogen) atoms. The van der Waals surface area contributed by atoms with Crippen LogP contribution in [0.3, 0.4) is 0 Å². The van der Waals surface area contributed by atoms with E-state index < -0.39 is 5.97 Å². The van der Waals surface area contributed by atoms with Crippen LogP contribution in [0, 0.1) is 0 Å². The number of nitrogens with one attached hydrogen (secondary N) is 1. The van der Waals surface area contributed by atoms with Gasteiger partial charge in [-0.15, -0.1) is 0 Å². The van der Waals surface area contributed by atoms with Gasteiger partial charge < -0.3 is 15.2 Å². The Morgan fingerprint density at radius 2 is 1.43 bits per heavy atom. The number of rotatable bonds is 15. The average Bonchev–Trinajstić information content (AvgIpc) is 3.17. The summed E-state index contributed by atoms with van der Waals surface area (Å²) in [5.41, 5.74) is 2.79. The molecule has 3 aromatic rings. The number of nitrogens with zero attached hydrogens (tertiary/aromatic N) is 1. The minimum Gasteiger partial charge on any atom is -0.494 e. The maximum atomic E-state index is 12.9. The Bertz CT molecular complexity index is 1340. The topological polar surface area (TPSA) is 113 Å². The lowest BCUT2D eigenvalue weighted by Gasteiger charge is -2.13. The number of carbonyl (C=O) groups excluding carboxylic acids is 3. The number of imide groups is 1. The monoisotopic (exact) mass is 542 g/mol. The van der Waals surface area contributed by atoms with Gasteiger partial charge in [-0.25, -0.2) is 0 Å². The minimum absolute atomic E-state index is 0.159. The van der Waals surface area contributed by atoms with E-state index in [4.69, 9.17) is 9.84 Å². The molecule has 3 aromatic carbocycles. The number of amides is 3. The van der Waals surface area contributed by atoms with Gasteiger partial charge in [0.05, 0.1) is 30.7 Å². The van der Waals surface area contributed by atoms with Gasteiger partial charge in [0, 0.05) is 12.1 Å². The second kappa shape index (κ2) is 14.1. The highest BCUT2D eigenvalue weighted by atomic mass is 16.5. The fourth-order valence-electron chi connectivity index (χ4n) is 4.65. The van der Waals surface area contributed by atoms with Crippen molar-refractivity contribution in [1.82, 2.24) is 4.90 Å². The summed E-state index contributed by atoms with van der Waals surface area (Å²) in [4.78, 5) is 50.1. The van der Waals surface area contributed by atoms with Gasteiger partial charge in [-0.3, -0.25) is 24.1 Å². The smallest absolute Gasteiger partial charge is 0.303 e. The van der Waals surface area contributed by atoms with Crippen LogP contribution in [-0.2, 0) is 22.6 Å². The van der Waals surface area contributed by atoms with Gasteiger partial charge >= 0.3 is 5.97 Å². The summed E-state index contributed by atoms with van der Waals surface area (Å²) >= 11 is 0. The van der Waals surface area contributed by atoms with Crippen molar-refractivity contribution in [2.75, 3.05) is 11.9 Å². The fraction of sp³-hybridized carbons (Fsp3) is 0.312.